The maximum Gasteiger partial charge on any atom is 0.228 e. The van der Waals surface area contributed by atoms with Gasteiger partial charge in [0.2, 0.25) is 5.91 Å². The van der Waals surface area contributed by atoms with Gasteiger partial charge >= 0.3 is 0 Å². The number of nitrogens with zero attached hydrogens (tertiary/aromatic N) is 1. The monoisotopic (exact) mass is 274 g/mol. The van der Waals surface area contributed by atoms with E-state index in [4.69, 9.17) is 5.73 Å². The molecule has 2 aliphatic rings. The van der Waals surface area contributed by atoms with Crippen molar-refractivity contribution >= 4 is 18.3 Å². The fraction of sp³-hybridized carbons (Fsp3) is 0.929. The van der Waals surface area contributed by atoms with Crippen LogP contribution in [0.1, 0.15) is 52.9 Å². The SMILES string of the molecule is CC1(C(=O)N2CCC(N)C(C)(C)C2)CCCC1.Cl. The molecule has 1 aliphatic carbocycles. The average molecular weight is 275 g/mol. The van der Waals surface area contributed by atoms with Crippen molar-refractivity contribution in [2.45, 2.75) is 58.9 Å². The lowest BCUT2D eigenvalue weighted by Crippen LogP contribution is -2.56. The van der Waals surface area contributed by atoms with Gasteiger partial charge in [-0.1, -0.05) is 33.6 Å². The van der Waals surface area contributed by atoms with Crippen LogP contribution in [0.2, 0.25) is 0 Å². The maximum atomic E-state index is 12.6. The van der Waals surface area contributed by atoms with Crippen molar-refractivity contribution in [1.29, 1.82) is 0 Å². The van der Waals surface area contributed by atoms with E-state index in [1.165, 1.54) is 12.8 Å². The zero-order valence-corrected chi connectivity index (χ0v) is 12.7. The Bertz CT molecular complexity index is 311. The fourth-order valence-corrected chi connectivity index (χ4v) is 3.30. The third-order valence-corrected chi connectivity index (χ3v) is 4.82. The second-order valence-electron chi connectivity index (χ2n) is 6.88. The van der Waals surface area contributed by atoms with E-state index < -0.39 is 0 Å². The minimum atomic E-state index is -0.0858. The summed E-state index contributed by atoms with van der Waals surface area (Å²) in [4.78, 5) is 14.7. The van der Waals surface area contributed by atoms with Gasteiger partial charge in [-0.3, -0.25) is 4.79 Å². The van der Waals surface area contributed by atoms with Gasteiger partial charge in [0.05, 0.1) is 0 Å². The number of carbonyl (C=O) groups is 1. The van der Waals surface area contributed by atoms with Crippen molar-refractivity contribution in [1.82, 2.24) is 4.90 Å². The summed E-state index contributed by atoms with van der Waals surface area (Å²) in [5.41, 5.74) is 6.10. The molecule has 0 aromatic carbocycles. The van der Waals surface area contributed by atoms with Crippen molar-refractivity contribution in [3.63, 3.8) is 0 Å². The number of hydrogen-bond donors (Lipinski definition) is 1. The number of piperidine rings is 1. The number of carbonyl (C=O) groups excluding carboxylic acids is 1. The van der Waals surface area contributed by atoms with Crippen molar-refractivity contribution in [2.75, 3.05) is 13.1 Å². The largest absolute Gasteiger partial charge is 0.342 e. The van der Waals surface area contributed by atoms with Gasteiger partial charge < -0.3 is 10.6 Å². The molecular formula is C14H27ClN2O. The molecule has 1 unspecified atom stereocenters. The van der Waals surface area contributed by atoms with Gasteiger partial charge in [0.25, 0.3) is 0 Å². The summed E-state index contributed by atoms with van der Waals surface area (Å²) >= 11 is 0. The Morgan fingerprint density at radius 3 is 2.28 bits per heavy atom. The molecule has 1 saturated carbocycles. The van der Waals surface area contributed by atoms with Crippen LogP contribution in [0, 0.1) is 10.8 Å². The Labute approximate surface area is 117 Å². The number of nitrogens with two attached hydrogens (primary N) is 1. The van der Waals surface area contributed by atoms with Gasteiger partial charge in [0, 0.05) is 24.5 Å². The van der Waals surface area contributed by atoms with Crippen LogP contribution >= 0.6 is 12.4 Å². The number of likely N-dealkylation sites (tertiary alicyclic amines) is 1. The van der Waals surface area contributed by atoms with E-state index in [1.54, 1.807) is 0 Å². The predicted molar refractivity (Wildman–Crippen MR) is 76.8 cm³/mol. The van der Waals surface area contributed by atoms with Gasteiger partial charge in [-0.15, -0.1) is 12.4 Å². The molecular weight excluding hydrogens is 248 g/mol. The standard InChI is InChI=1S/C14H26N2O.ClH/c1-13(2)10-16(9-6-11(13)15)12(17)14(3)7-4-5-8-14;/h11H,4-10,15H2,1-3H3;1H. The first-order valence-corrected chi connectivity index (χ1v) is 6.90. The molecule has 0 radical (unpaired) electrons. The normalized spacial score (nSPS) is 29.8. The van der Waals surface area contributed by atoms with Gasteiger partial charge in [0.1, 0.15) is 0 Å². The Morgan fingerprint density at radius 1 is 1.22 bits per heavy atom. The topological polar surface area (TPSA) is 46.3 Å². The number of hydrogen-bond acceptors (Lipinski definition) is 2. The molecule has 1 amide bonds. The number of amides is 1. The molecule has 0 aromatic heterocycles. The summed E-state index contributed by atoms with van der Waals surface area (Å²) in [6.07, 6.45) is 5.48. The first-order valence-electron chi connectivity index (χ1n) is 6.90. The molecule has 0 spiro atoms. The minimum absolute atomic E-state index is 0. The van der Waals surface area contributed by atoms with Crippen LogP contribution in [0.4, 0.5) is 0 Å². The van der Waals surface area contributed by atoms with Gasteiger partial charge in [0.15, 0.2) is 0 Å². The number of halogens is 1. The second-order valence-corrected chi connectivity index (χ2v) is 6.88. The van der Waals surface area contributed by atoms with E-state index in [9.17, 15) is 4.79 Å². The van der Waals surface area contributed by atoms with Gasteiger partial charge in [-0.05, 0) is 24.7 Å². The number of rotatable bonds is 1. The molecule has 18 heavy (non-hydrogen) atoms. The zero-order valence-electron chi connectivity index (χ0n) is 11.9. The van der Waals surface area contributed by atoms with Crippen LogP contribution < -0.4 is 5.73 Å². The summed E-state index contributed by atoms with van der Waals surface area (Å²) in [6.45, 7) is 8.16. The molecule has 1 atom stereocenters. The highest BCUT2D eigenvalue weighted by Crippen LogP contribution is 2.40. The maximum absolute atomic E-state index is 12.6. The first-order chi connectivity index (χ1) is 7.85. The van der Waals surface area contributed by atoms with Crippen molar-refractivity contribution in [2.24, 2.45) is 16.6 Å². The van der Waals surface area contributed by atoms with Crippen LogP contribution in [-0.4, -0.2) is 29.9 Å². The Morgan fingerprint density at radius 2 is 1.78 bits per heavy atom. The minimum Gasteiger partial charge on any atom is -0.342 e. The van der Waals surface area contributed by atoms with Gasteiger partial charge in [-0.25, -0.2) is 0 Å². The summed E-state index contributed by atoms with van der Waals surface area (Å²) in [6, 6.07) is 0.225. The van der Waals surface area contributed by atoms with E-state index in [2.05, 4.69) is 25.7 Å². The highest BCUT2D eigenvalue weighted by atomic mass is 35.5. The summed E-state index contributed by atoms with van der Waals surface area (Å²) in [5, 5.41) is 0. The molecule has 1 heterocycles. The van der Waals surface area contributed by atoms with E-state index in [-0.39, 0.29) is 29.3 Å². The summed E-state index contributed by atoms with van der Waals surface area (Å²) < 4.78 is 0. The molecule has 1 saturated heterocycles. The highest BCUT2D eigenvalue weighted by Gasteiger charge is 2.43. The molecule has 2 fully saturated rings. The van der Waals surface area contributed by atoms with Crippen LogP contribution in [0.5, 0.6) is 0 Å². The van der Waals surface area contributed by atoms with Crippen molar-refractivity contribution in [3.8, 4) is 0 Å². The zero-order chi connectivity index (χ0) is 12.7. The second kappa shape index (κ2) is 5.38. The van der Waals surface area contributed by atoms with Crippen molar-refractivity contribution in [3.05, 3.63) is 0 Å². The molecule has 2 rings (SSSR count). The lowest BCUT2D eigenvalue weighted by atomic mass is 9.78. The third-order valence-electron chi connectivity index (χ3n) is 4.82. The highest BCUT2D eigenvalue weighted by molar-refractivity contribution is 5.85. The molecule has 106 valence electrons. The van der Waals surface area contributed by atoms with E-state index in [0.29, 0.717) is 5.91 Å². The average Bonchev–Trinajstić information content (AvgIpc) is 2.69. The molecule has 0 bridgehead atoms. The molecule has 2 N–H and O–H groups in total. The molecule has 4 heteroatoms. The van der Waals surface area contributed by atoms with Crippen molar-refractivity contribution < 1.29 is 4.79 Å². The van der Waals surface area contributed by atoms with E-state index in [0.717, 1.165) is 32.4 Å². The summed E-state index contributed by atoms with van der Waals surface area (Å²) in [5.74, 6) is 0.370. The van der Waals surface area contributed by atoms with Crippen LogP contribution in [0.15, 0.2) is 0 Å². The lowest BCUT2D eigenvalue weighted by Gasteiger charge is -2.44. The van der Waals surface area contributed by atoms with Gasteiger partial charge in [-0.2, -0.15) is 0 Å². The fourth-order valence-electron chi connectivity index (χ4n) is 3.30. The lowest BCUT2D eigenvalue weighted by molar-refractivity contribution is -0.144. The van der Waals surface area contributed by atoms with E-state index >= 15 is 0 Å². The smallest absolute Gasteiger partial charge is 0.228 e. The first kappa shape index (κ1) is 15.8. The Balaban J connectivity index is 0.00000162. The van der Waals surface area contributed by atoms with Crippen LogP contribution in [0.25, 0.3) is 0 Å². The molecule has 0 aromatic rings. The third kappa shape index (κ3) is 2.83. The Kier molecular flexibility index (Phi) is 4.71. The predicted octanol–water partition coefficient (Wildman–Crippen LogP) is 2.57. The van der Waals surface area contributed by atoms with Crippen LogP contribution in [0.3, 0.4) is 0 Å². The summed E-state index contributed by atoms with van der Waals surface area (Å²) in [7, 11) is 0. The molecule has 1 aliphatic heterocycles. The van der Waals surface area contributed by atoms with E-state index in [1.807, 2.05) is 0 Å². The Hall–Kier alpha value is -0.280. The quantitative estimate of drug-likeness (QED) is 0.799. The van der Waals surface area contributed by atoms with Crippen LogP contribution in [-0.2, 0) is 4.79 Å². The molecule has 3 nitrogen and oxygen atoms in total.